The summed E-state index contributed by atoms with van der Waals surface area (Å²) in [6.07, 6.45) is 8.06. The predicted octanol–water partition coefficient (Wildman–Crippen LogP) is 10.3. The lowest BCUT2D eigenvalue weighted by Gasteiger charge is -2.34. The van der Waals surface area contributed by atoms with E-state index in [9.17, 15) is 26.3 Å². The fraction of sp³-hybridized carbons (Fsp3) is 0.479. The van der Waals surface area contributed by atoms with Gasteiger partial charge in [0.2, 0.25) is 0 Å². The highest BCUT2D eigenvalue weighted by molar-refractivity contribution is 5.94. The highest BCUT2D eigenvalue weighted by Crippen LogP contribution is 2.41. The average Bonchev–Trinajstić information content (AvgIpc) is 4.08. The third-order valence-electron chi connectivity index (χ3n) is 13.4. The Morgan fingerprint density at radius 1 is 0.597 bits per heavy atom. The number of hydrogen-bond acceptors (Lipinski definition) is 5. The maximum Gasteiger partial charge on any atom is 0.401 e. The number of likely N-dealkylation sites (tertiary alicyclic amines) is 3. The van der Waals surface area contributed by atoms with E-state index in [-0.39, 0.29) is 30.8 Å². The maximum absolute atomic E-state index is 13.8. The van der Waals surface area contributed by atoms with Gasteiger partial charge in [-0.15, -0.1) is 0 Å². The minimum atomic E-state index is -4.33. The van der Waals surface area contributed by atoms with Crippen LogP contribution in [0.3, 0.4) is 0 Å². The fourth-order valence-corrected chi connectivity index (χ4v) is 10.7. The second kappa shape index (κ2) is 17.4. The van der Waals surface area contributed by atoms with Crippen molar-refractivity contribution in [1.82, 2.24) is 34.6 Å². The molecule has 0 spiro atoms. The SMILES string of the molecule is CCN1CCCC(c2c3nc(c(C4CCCN(CC(F)(F)F)C4)c4nc(c(C5CCCN(CC(F)(F)F)C5)c5ccc([nH]5)c(-c5ccc[n+](CC)c5)c5ccc2[nH]5)C=C4)C=C3)C1. The molecule has 9 rings (SSSR count). The molecule has 0 aliphatic carbocycles. The molecular weight excluding hydrogens is 803 g/mol. The van der Waals surface area contributed by atoms with Gasteiger partial charge in [0.05, 0.1) is 35.9 Å². The minimum Gasteiger partial charge on any atom is -0.355 e. The van der Waals surface area contributed by atoms with Gasteiger partial charge < -0.3 is 14.9 Å². The molecule has 3 fully saturated rings. The van der Waals surface area contributed by atoms with Gasteiger partial charge in [0, 0.05) is 93.3 Å². The van der Waals surface area contributed by atoms with Crippen LogP contribution in [0.15, 0.2) is 48.8 Å². The Kier molecular flexibility index (Phi) is 11.9. The molecule has 4 aromatic rings. The lowest BCUT2D eigenvalue weighted by molar-refractivity contribution is -0.693. The third-order valence-corrected chi connectivity index (χ3v) is 13.4. The molecule has 62 heavy (non-hydrogen) atoms. The number of halogens is 6. The van der Waals surface area contributed by atoms with E-state index in [0.717, 1.165) is 94.6 Å². The summed E-state index contributed by atoms with van der Waals surface area (Å²) in [4.78, 5) is 23.8. The number of nitrogens with one attached hydrogen (secondary N) is 2. The van der Waals surface area contributed by atoms with E-state index >= 15 is 0 Å². The van der Waals surface area contributed by atoms with Gasteiger partial charge in [-0.2, -0.15) is 26.3 Å². The number of H-pyrrole nitrogens is 2. The molecule has 8 nitrogen and oxygen atoms in total. The van der Waals surface area contributed by atoms with Crippen LogP contribution in [-0.2, 0) is 6.54 Å². The summed E-state index contributed by atoms with van der Waals surface area (Å²) in [6, 6.07) is 12.5. The molecule has 0 amide bonds. The Bertz CT molecular complexity index is 2510. The first-order valence-corrected chi connectivity index (χ1v) is 22.3. The summed E-state index contributed by atoms with van der Waals surface area (Å²) in [5.41, 5.74) is 11.0. The summed E-state index contributed by atoms with van der Waals surface area (Å²) >= 11 is 0. The second-order valence-corrected chi connectivity index (χ2v) is 17.7. The number of alkyl halides is 6. The monoisotopic (exact) mass is 857 g/mol. The molecule has 14 heteroatoms. The summed E-state index contributed by atoms with van der Waals surface area (Å²) in [5, 5.41) is 0. The highest BCUT2D eigenvalue weighted by atomic mass is 19.4. The molecule has 3 unspecified atom stereocenters. The van der Waals surface area contributed by atoms with Crippen molar-refractivity contribution < 1.29 is 30.9 Å². The summed E-state index contributed by atoms with van der Waals surface area (Å²) in [6.45, 7) is 7.10. The molecule has 2 N–H and O–H groups in total. The summed E-state index contributed by atoms with van der Waals surface area (Å²) in [7, 11) is 0. The Balaban J connectivity index is 1.34. The van der Waals surface area contributed by atoms with Crippen molar-refractivity contribution in [3.8, 4) is 11.1 Å². The van der Waals surface area contributed by atoms with Crippen LogP contribution in [0.25, 0.3) is 57.5 Å². The number of fused-ring (bicyclic) bond motifs is 8. The molecule has 8 bridgehead atoms. The van der Waals surface area contributed by atoms with E-state index in [4.69, 9.17) is 9.97 Å². The van der Waals surface area contributed by atoms with Gasteiger partial charge in [-0.3, -0.25) is 9.80 Å². The summed E-state index contributed by atoms with van der Waals surface area (Å²) < 4.78 is 85.1. The van der Waals surface area contributed by atoms with Gasteiger partial charge in [-0.05, 0) is 126 Å². The van der Waals surface area contributed by atoms with Crippen molar-refractivity contribution >= 4 is 46.4 Å². The predicted molar refractivity (Wildman–Crippen MR) is 233 cm³/mol. The highest BCUT2D eigenvalue weighted by Gasteiger charge is 2.37. The third kappa shape index (κ3) is 9.14. The van der Waals surface area contributed by atoms with Crippen molar-refractivity contribution in [2.75, 3.05) is 58.9 Å². The van der Waals surface area contributed by atoms with Crippen molar-refractivity contribution in [1.29, 1.82) is 0 Å². The zero-order chi connectivity index (χ0) is 43.2. The average molecular weight is 858 g/mol. The quantitative estimate of drug-likeness (QED) is 0.118. The van der Waals surface area contributed by atoms with Crippen molar-refractivity contribution in [3.63, 3.8) is 0 Å². The Hall–Kier alpha value is -4.79. The van der Waals surface area contributed by atoms with Crippen LogP contribution in [-0.4, -0.2) is 106 Å². The molecule has 5 aliphatic heterocycles. The van der Waals surface area contributed by atoms with E-state index < -0.39 is 25.4 Å². The number of likely N-dealkylation sites (N-methyl/N-ethyl adjacent to an activating group) is 1. The van der Waals surface area contributed by atoms with Gasteiger partial charge in [0.15, 0.2) is 12.4 Å². The Labute approximate surface area is 358 Å². The van der Waals surface area contributed by atoms with E-state index in [1.807, 2.05) is 36.6 Å². The normalized spacial score (nSPS) is 21.8. The van der Waals surface area contributed by atoms with Crippen LogP contribution in [0.2, 0.25) is 0 Å². The molecule has 4 aromatic heterocycles. The van der Waals surface area contributed by atoms with Gasteiger partial charge in [-0.1, -0.05) is 6.92 Å². The van der Waals surface area contributed by atoms with Crippen LogP contribution in [0.5, 0.6) is 0 Å². The van der Waals surface area contributed by atoms with Crippen LogP contribution < -0.4 is 4.57 Å². The molecule has 3 atom stereocenters. The topological polar surface area (TPSA) is 71.0 Å². The van der Waals surface area contributed by atoms with Crippen molar-refractivity contribution in [2.24, 2.45) is 0 Å². The minimum absolute atomic E-state index is 0.185. The number of aromatic nitrogens is 5. The van der Waals surface area contributed by atoms with Crippen molar-refractivity contribution in [2.45, 2.75) is 89.0 Å². The summed E-state index contributed by atoms with van der Waals surface area (Å²) in [5.74, 6) is -0.351. The number of nitrogens with zero attached hydrogens (tertiary/aromatic N) is 6. The molecule has 0 saturated carbocycles. The molecular formula is C48H55F6N8+. The zero-order valence-corrected chi connectivity index (χ0v) is 35.4. The maximum atomic E-state index is 13.8. The molecule has 9 heterocycles. The van der Waals surface area contributed by atoms with E-state index in [0.29, 0.717) is 55.9 Å². The lowest BCUT2D eigenvalue weighted by atomic mass is 9.88. The molecule has 5 aliphatic rings. The van der Waals surface area contributed by atoms with Gasteiger partial charge in [0.1, 0.15) is 6.54 Å². The fourth-order valence-electron chi connectivity index (χ4n) is 10.7. The van der Waals surface area contributed by atoms with E-state index in [1.165, 1.54) is 9.80 Å². The molecule has 3 saturated heterocycles. The van der Waals surface area contributed by atoms with Gasteiger partial charge in [0.25, 0.3) is 0 Å². The lowest BCUT2D eigenvalue weighted by Crippen LogP contribution is -2.40. The number of rotatable bonds is 8. The van der Waals surface area contributed by atoms with Gasteiger partial charge >= 0.3 is 12.4 Å². The standard InChI is InChI=1S/C48H55F6N8/c1-3-59-21-5-9-31(25-59)43-35-13-14-36(55-35)44(32-10-6-22-60(4-2)26-32)38-16-18-40(57-38)46(34-12-8-24-62(28-34)30-48(52,53)54)42-20-19-41(58-42)45(39-17-15-37(43)56-39)33-11-7-23-61(27-33)29-47(49,50)51/h5,9,13-21,25,32-34,55-56H,3-4,6-8,10-12,22-24,26-30H2,1-2H3/q+1. The van der Waals surface area contributed by atoms with Crippen LogP contribution in [0.1, 0.15) is 110 Å². The number of hydrogen-bond donors (Lipinski definition) is 2. The number of aromatic amines is 2. The first-order chi connectivity index (χ1) is 29.8. The molecule has 0 aromatic carbocycles. The largest absolute Gasteiger partial charge is 0.401 e. The zero-order valence-electron chi connectivity index (χ0n) is 35.4. The van der Waals surface area contributed by atoms with Crippen LogP contribution >= 0.6 is 0 Å². The van der Waals surface area contributed by atoms with Gasteiger partial charge in [-0.25, -0.2) is 14.5 Å². The van der Waals surface area contributed by atoms with Crippen LogP contribution in [0, 0.1) is 0 Å². The Morgan fingerprint density at radius 3 is 1.50 bits per heavy atom. The first-order valence-electron chi connectivity index (χ1n) is 22.3. The van der Waals surface area contributed by atoms with Crippen molar-refractivity contribution in [3.05, 3.63) is 88.3 Å². The number of aryl methyl sites for hydroxylation is 1. The number of piperidine rings is 3. The smallest absolute Gasteiger partial charge is 0.355 e. The molecule has 0 radical (unpaired) electrons. The second-order valence-electron chi connectivity index (χ2n) is 17.7. The van der Waals surface area contributed by atoms with Crippen LogP contribution in [0.4, 0.5) is 26.3 Å². The van der Waals surface area contributed by atoms with E-state index in [2.05, 4.69) is 69.8 Å². The first kappa shape index (κ1) is 42.5. The van der Waals surface area contributed by atoms with E-state index in [1.54, 1.807) is 0 Å². The molecule has 328 valence electrons. The number of pyridine rings is 1. The Morgan fingerprint density at radius 2 is 1.03 bits per heavy atom.